The molecule has 5 aromatic rings. The second-order valence-corrected chi connectivity index (χ2v) is 22.7. The van der Waals surface area contributed by atoms with Crippen LogP contribution in [-0.2, 0) is 14.2 Å². The Morgan fingerprint density at radius 2 is 1.55 bits per heavy atom. The van der Waals surface area contributed by atoms with Crippen molar-refractivity contribution in [1.29, 1.82) is 0 Å². The quantitative estimate of drug-likeness (QED) is 0.0908. The molecule has 3 N–H and O–H groups in total. The highest BCUT2D eigenvalue weighted by molar-refractivity contribution is 9.10. The summed E-state index contributed by atoms with van der Waals surface area (Å²) in [6.45, 7) is 14.2. The highest BCUT2D eigenvalue weighted by atomic mass is 79.9. The van der Waals surface area contributed by atoms with Crippen LogP contribution in [0.4, 0.5) is 34.5 Å². The van der Waals surface area contributed by atoms with E-state index < -0.39 is 7.14 Å². The molecule has 2 amide bonds. The maximum Gasteiger partial charge on any atom is 0.234 e. The van der Waals surface area contributed by atoms with Gasteiger partial charge in [0.2, 0.25) is 17.8 Å². The van der Waals surface area contributed by atoms with Crippen LogP contribution in [0.5, 0.6) is 5.75 Å². The van der Waals surface area contributed by atoms with E-state index in [0.29, 0.717) is 40.5 Å². The molecule has 1 atom stereocenters. The molecule has 15 heteroatoms. The van der Waals surface area contributed by atoms with Gasteiger partial charge in [-0.05, 0) is 154 Å². The minimum Gasteiger partial charge on any atom is -0.494 e. The lowest BCUT2D eigenvalue weighted by Crippen LogP contribution is -2.52. The zero-order valence-electron chi connectivity index (χ0n) is 37.5. The van der Waals surface area contributed by atoms with Crippen LogP contribution in [0.2, 0.25) is 0 Å². The number of likely N-dealkylation sites (tertiary alicyclic amines) is 1. The third kappa shape index (κ3) is 9.24. The van der Waals surface area contributed by atoms with Crippen LogP contribution in [0, 0.1) is 19.3 Å². The third-order valence-corrected chi connectivity index (χ3v) is 16.3. The Hall–Kier alpha value is -5.04. The van der Waals surface area contributed by atoms with Crippen LogP contribution in [0.3, 0.4) is 0 Å². The number of carbonyl (C=O) groups excluding carboxylic acids is 2. The summed E-state index contributed by atoms with van der Waals surface area (Å²) in [5.41, 5.74) is 8.18. The van der Waals surface area contributed by atoms with Crippen LogP contribution >= 0.6 is 23.1 Å². The summed E-state index contributed by atoms with van der Waals surface area (Å²) in [6, 6.07) is 21.1. The fourth-order valence-corrected chi connectivity index (χ4v) is 12.3. The number of methoxy groups -OCH3 is 1. The molecule has 13 nitrogen and oxygen atoms in total. The number of ether oxygens (including phenoxy) is 1. The molecule has 9 rings (SSSR count). The van der Waals surface area contributed by atoms with Gasteiger partial charge in [-0.25, -0.2) is 4.98 Å². The molecule has 4 fully saturated rings. The molecule has 0 saturated carbocycles. The first kappa shape index (κ1) is 44.2. The van der Waals surface area contributed by atoms with Gasteiger partial charge in [0.25, 0.3) is 0 Å². The summed E-state index contributed by atoms with van der Waals surface area (Å²) < 4.78 is 20.3. The predicted octanol–water partition coefficient (Wildman–Crippen LogP) is 9.02. The van der Waals surface area contributed by atoms with E-state index in [9.17, 15) is 14.2 Å². The lowest BCUT2D eigenvalue weighted by molar-refractivity contribution is -0.134. The number of nitrogens with one attached hydrogen (secondary N) is 3. The molecule has 1 spiro atoms. The number of hydrogen-bond acceptors (Lipinski definition) is 12. The zero-order valence-corrected chi connectivity index (χ0v) is 40.0. The largest absolute Gasteiger partial charge is 0.494 e. The summed E-state index contributed by atoms with van der Waals surface area (Å²) in [5.74, 6) is 1.08. The van der Waals surface area contributed by atoms with Crippen LogP contribution in [0.25, 0.3) is 10.9 Å². The van der Waals surface area contributed by atoms with E-state index in [0.717, 1.165) is 76.3 Å². The molecule has 336 valence electrons. The SMILES string of the molecule is COc1cc(N2CCC3(CC2)CCN(C2CCN(c4ccc(C5CCC(=O)NC5=O)cc4)CC2)CC3)c(C)cc1Nc1ncc(Br)c(Nc2ccc3nc(C)ccc3c2P(C)(C)=O)n1. The number of rotatable bonds is 10. The van der Waals surface area contributed by atoms with Gasteiger partial charge < -0.3 is 34.6 Å². The van der Waals surface area contributed by atoms with Crippen molar-refractivity contribution in [3.8, 4) is 5.75 Å². The molecule has 4 aliphatic rings. The first-order valence-corrected chi connectivity index (χ1v) is 26.0. The number of imide groups is 1. The normalized spacial score (nSPS) is 19.8. The first-order valence-electron chi connectivity index (χ1n) is 22.6. The number of aromatic nitrogens is 3. The molecule has 4 saturated heterocycles. The van der Waals surface area contributed by atoms with E-state index in [1.54, 1.807) is 26.6 Å². The summed E-state index contributed by atoms with van der Waals surface area (Å²) >= 11 is 3.63. The Morgan fingerprint density at radius 1 is 0.828 bits per heavy atom. The van der Waals surface area contributed by atoms with Crippen molar-refractivity contribution >= 4 is 85.6 Å². The predicted molar refractivity (Wildman–Crippen MR) is 261 cm³/mol. The average Bonchev–Trinajstić information content (AvgIpc) is 3.28. The number of piperidine rings is 4. The second kappa shape index (κ2) is 18.1. The van der Waals surface area contributed by atoms with E-state index in [1.165, 1.54) is 63.0 Å². The number of nitrogens with zero attached hydrogens (tertiary/aromatic N) is 6. The minimum absolute atomic E-state index is 0.173. The van der Waals surface area contributed by atoms with E-state index in [1.807, 2.05) is 31.2 Å². The summed E-state index contributed by atoms with van der Waals surface area (Å²) in [6.07, 6.45) is 9.92. The van der Waals surface area contributed by atoms with Crippen molar-refractivity contribution in [2.24, 2.45) is 5.41 Å². The van der Waals surface area contributed by atoms with Crippen molar-refractivity contribution < 1.29 is 18.9 Å². The van der Waals surface area contributed by atoms with Gasteiger partial charge >= 0.3 is 0 Å². The number of aryl methyl sites for hydroxylation is 2. The van der Waals surface area contributed by atoms with Gasteiger partial charge in [0.15, 0.2) is 0 Å². The Bertz CT molecular complexity index is 2610. The monoisotopic (exact) mass is 947 g/mol. The molecule has 64 heavy (non-hydrogen) atoms. The molecular weight excluding hydrogens is 889 g/mol. The van der Waals surface area contributed by atoms with Gasteiger partial charge in [-0.3, -0.25) is 19.9 Å². The van der Waals surface area contributed by atoms with Crippen molar-refractivity contribution in [1.82, 2.24) is 25.2 Å². The van der Waals surface area contributed by atoms with Crippen molar-refractivity contribution in [2.75, 3.05) is 80.1 Å². The topological polar surface area (TPSA) is 145 Å². The molecule has 0 radical (unpaired) electrons. The molecule has 4 aliphatic heterocycles. The lowest BCUT2D eigenvalue weighted by atomic mass is 9.70. The highest BCUT2D eigenvalue weighted by Gasteiger charge is 2.40. The number of anilines is 6. The summed E-state index contributed by atoms with van der Waals surface area (Å²) in [4.78, 5) is 45.8. The highest BCUT2D eigenvalue weighted by Crippen LogP contribution is 2.45. The molecule has 2 aromatic heterocycles. The van der Waals surface area contributed by atoms with E-state index in [4.69, 9.17) is 9.72 Å². The van der Waals surface area contributed by atoms with Gasteiger partial charge in [0.05, 0.1) is 34.4 Å². The second-order valence-electron chi connectivity index (χ2n) is 18.6. The number of halogens is 1. The number of hydrogen-bond donors (Lipinski definition) is 3. The lowest BCUT2D eigenvalue weighted by Gasteiger charge is -2.50. The van der Waals surface area contributed by atoms with Gasteiger partial charge in [0, 0.05) is 78.7 Å². The molecule has 0 aliphatic carbocycles. The number of fused-ring (bicyclic) bond motifs is 1. The van der Waals surface area contributed by atoms with Crippen LogP contribution in [0.15, 0.2) is 71.3 Å². The van der Waals surface area contributed by atoms with Crippen LogP contribution in [-0.4, -0.2) is 97.4 Å². The molecule has 6 heterocycles. The third-order valence-electron chi connectivity index (χ3n) is 14.2. The van der Waals surface area contributed by atoms with Crippen LogP contribution in [0.1, 0.15) is 74.1 Å². The maximum atomic E-state index is 13.6. The van der Waals surface area contributed by atoms with Crippen molar-refractivity contribution in [3.63, 3.8) is 0 Å². The van der Waals surface area contributed by atoms with E-state index >= 15 is 0 Å². The number of amides is 2. The zero-order chi connectivity index (χ0) is 44.8. The average molecular weight is 949 g/mol. The molecule has 0 bridgehead atoms. The maximum absolute atomic E-state index is 13.6. The first-order chi connectivity index (χ1) is 30.8. The Labute approximate surface area is 384 Å². The van der Waals surface area contributed by atoms with Gasteiger partial charge in [-0.15, -0.1) is 0 Å². The van der Waals surface area contributed by atoms with E-state index in [2.05, 4.69) is 99.9 Å². The fraction of sp³-hybridized carbons (Fsp3) is 0.449. The van der Waals surface area contributed by atoms with Crippen LogP contribution < -0.4 is 35.8 Å². The fourth-order valence-electron chi connectivity index (χ4n) is 10.5. The van der Waals surface area contributed by atoms with Gasteiger partial charge in [0.1, 0.15) is 18.7 Å². The Morgan fingerprint density at radius 3 is 2.23 bits per heavy atom. The van der Waals surface area contributed by atoms with Gasteiger partial charge in [-0.2, -0.15) is 4.98 Å². The summed E-state index contributed by atoms with van der Waals surface area (Å²) in [7, 11) is -1.01. The molecule has 3 aromatic carbocycles. The smallest absolute Gasteiger partial charge is 0.234 e. The Balaban J connectivity index is 0.792. The molecule has 1 unspecified atom stereocenters. The summed E-state index contributed by atoms with van der Waals surface area (Å²) in [5, 5.41) is 10.9. The van der Waals surface area contributed by atoms with Gasteiger partial charge in [-0.1, -0.05) is 18.2 Å². The number of carbonyl (C=O) groups is 2. The number of benzene rings is 3. The Kier molecular flexibility index (Phi) is 12.5. The van der Waals surface area contributed by atoms with Crippen molar-refractivity contribution in [2.45, 2.75) is 77.2 Å². The molecular formula is C49H59BrN9O4P. The minimum atomic E-state index is -2.72. The number of pyridine rings is 1. The standard InChI is InChI=1S/C49H59BrN9O4P/c1-31-28-41(54-48-51-30-38(50)46(56-48)53-40-14-13-39-37(11-6-32(2)52-39)45(40)64(4,5)62)43(63-3)29-42(31)59-26-20-49(21-27-59)18-24-58(25-19-49)35-16-22-57(23-17-35)34-9-7-33(8-10-34)36-12-15-44(60)55-47(36)61/h6-11,13-14,28-30,35-36H,12,15-27H2,1-5H3,(H,55,60,61)(H2,51,53,54,56). The van der Waals surface area contributed by atoms with Crippen molar-refractivity contribution in [3.05, 3.63) is 88.2 Å². The van der Waals surface area contributed by atoms with E-state index in [-0.39, 0.29) is 17.7 Å².